The molecule has 0 aliphatic heterocycles. The third kappa shape index (κ3) is 2.05. The van der Waals surface area contributed by atoms with Crippen LogP contribution in [0.25, 0.3) is 11.4 Å². The molecular formula is C16H18N4. The van der Waals surface area contributed by atoms with Crippen molar-refractivity contribution in [1.82, 2.24) is 15.0 Å². The Kier molecular flexibility index (Phi) is 2.69. The molecule has 0 aromatic carbocycles. The van der Waals surface area contributed by atoms with Gasteiger partial charge in [-0.25, -0.2) is 9.97 Å². The molecule has 4 rings (SSSR count). The fourth-order valence-electron chi connectivity index (χ4n) is 2.87. The molecule has 2 atom stereocenters. The number of nitrogens with zero attached hydrogens (tertiary/aromatic N) is 3. The van der Waals surface area contributed by atoms with E-state index >= 15 is 0 Å². The third-order valence-electron chi connectivity index (χ3n) is 4.28. The van der Waals surface area contributed by atoms with Gasteiger partial charge in [-0.1, -0.05) is 6.92 Å². The van der Waals surface area contributed by atoms with Crippen LogP contribution in [0.15, 0.2) is 24.5 Å². The zero-order valence-electron chi connectivity index (χ0n) is 11.6. The number of anilines is 1. The zero-order valence-corrected chi connectivity index (χ0v) is 11.6. The Hall–Kier alpha value is -1.97. The summed E-state index contributed by atoms with van der Waals surface area (Å²) in [5.41, 5.74) is 3.54. The minimum atomic E-state index is 0.594. The predicted octanol–water partition coefficient (Wildman–Crippen LogP) is 2.85. The molecule has 2 aromatic heterocycles. The van der Waals surface area contributed by atoms with Gasteiger partial charge in [0.1, 0.15) is 5.82 Å². The first kappa shape index (κ1) is 11.8. The maximum Gasteiger partial charge on any atom is 0.163 e. The lowest BCUT2D eigenvalue weighted by Crippen LogP contribution is -2.10. The highest BCUT2D eigenvalue weighted by Crippen LogP contribution is 2.36. The van der Waals surface area contributed by atoms with Gasteiger partial charge in [-0.2, -0.15) is 0 Å². The summed E-state index contributed by atoms with van der Waals surface area (Å²) in [5, 5.41) is 3.60. The lowest BCUT2D eigenvalue weighted by molar-refractivity contribution is 0.898. The molecule has 0 bridgehead atoms. The van der Waals surface area contributed by atoms with E-state index in [2.05, 4.69) is 17.2 Å². The van der Waals surface area contributed by atoms with Gasteiger partial charge in [0.25, 0.3) is 0 Å². The molecule has 1 N–H and O–H groups in total. The van der Waals surface area contributed by atoms with Crippen LogP contribution in [-0.4, -0.2) is 21.0 Å². The van der Waals surface area contributed by atoms with Crippen LogP contribution in [-0.2, 0) is 12.8 Å². The molecule has 4 nitrogen and oxygen atoms in total. The minimum Gasteiger partial charge on any atom is -0.367 e. The monoisotopic (exact) mass is 266 g/mol. The molecule has 1 fully saturated rings. The zero-order chi connectivity index (χ0) is 13.5. The van der Waals surface area contributed by atoms with Crippen LogP contribution < -0.4 is 5.32 Å². The van der Waals surface area contributed by atoms with Crippen LogP contribution in [0.5, 0.6) is 0 Å². The van der Waals surface area contributed by atoms with Crippen LogP contribution in [0.4, 0.5) is 5.82 Å². The van der Waals surface area contributed by atoms with Crippen molar-refractivity contribution in [2.45, 2.75) is 38.6 Å². The van der Waals surface area contributed by atoms with Crippen LogP contribution >= 0.6 is 0 Å². The highest BCUT2D eigenvalue weighted by atomic mass is 15.1. The number of aromatic nitrogens is 3. The number of aryl methyl sites for hydroxylation is 1. The van der Waals surface area contributed by atoms with Crippen molar-refractivity contribution in [3.63, 3.8) is 0 Å². The van der Waals surface area contributed by atoms with Crippen molar-refractivity contribution in [3.8, 4) is 11.4 Å². The Bertz CT molecular complexity index is 638. The van der Waals surface area contributed by atoms with E-state index in [1.165, 1.54) is 24.1 Å². The Morgan fingerprint density at radius 2 is 2.15 bits per heavy atom. The van der Waals surface area contributed by atoms with E-state index in [-0.39, 0.29) is 0 Å². The van der Waals surface area contributed by atoms with Gasteiger partial charge in [0.15, 0.2) is 5.82 Å². The normalized spacial score (nSPS) is 23.4. The maximum atomic E-state index is 4.77. The van der Waals surface area contributed by atoms with E-state index in [1.54, 1.807) is 6.20 Å². The highest BCUT2D eigenvalue weighted by Gasteiger charge is 2.34. The summed E-state index contributed by atoms with van der Waals surface area (Å²) in [6.07, 6.45) is 8.23. The Morgan fingerprint density at radius 1 is 1.25 bits per heavy atom. The highest BCUT2D eigenvalue weighted by molar-refractivity contribution is 5.60. The van der Waals surface area contributed by atoms with Gasteiger partial charge < -0.3 is 5.32 Å². The molecule has 2 unspecified atom stereocenters. The van der Waals surface area contributed by atoms with Crippen molar-refractivity contribution in [1.29, 1.82) is 0 Å². The molecule has 2 aromatic rings. The summed E-state index contributed by atoms with van der Waals surface area (Å²) >= 11 is 0. The molecular weight excluding hydrogens is 248 g/mol. The molecule has 2 aliphatic rings. The summed E-state index contributed by atoms with van der Waals surface area (Å²) in [6.45, 7) is 2.28. The summed E-state index contributed by atoms with van der Waals surface area (Å²) in [6, 6.07) is 4.55. The molecule has 2 heterocycles. The molecule has 0 spiro atoms. The largest absolute Gasteiger partial charge is 0.367 e. The Balaban J connectivity index is 1.75. The van der Waals surface area contributed by atoms with Gasteiger partial charge in [-0.3, -0.25) is 4.98 Å². The third-order valence-corrected chi connectivity index (χ3v) is 4.28. The predicted molar refractivity (Wildman–Crippen MR) is 78.5 cm³/mol. The number of fused-ring (bicyclic) bond motifs is 1. The van der Waals surface area contributed by atoms with Gasteiger partial charge in [0, 0.05) is 35.3 Å². The lowest BCUT2D eigenvalue weighted by Gasteiger charge is -2.12. The first-order valence-corrected chi connectivity index (χ1v) is 7.38. The quantitative estimate of drug-likeness (QED) is 0.928. The van der Waals surface area contributed by atoms with Crippen LogP contribution in [0.3, 0.4) is 0 Å². The summed E-state index contributed by atoms with van der Waals surface area (Å²) in [5.74, 6) is 2.62. The number of hydrogen-bond donors (Lipinski definition) is 1. The van der Waals surface area contributed by atoms with E-state index in [1.807, 2.05) is 18.3 Å². The summed E-state index contributed by atoms with van der Waals surface area (Å²) in [7, 11) is 0. The molecule has 0 radical (unpaired) electrons. The van der Waals surface area contributed by atoms with Gasteiger partial charge >= 0.3 is 0 Å². The average molecular weight is 266 g/mol. The van der Waals surface area contributed by atoms with Gasteiger partial charge in [-0.05, 0) is 43.7 Å². The van der Waals surface area contributed by atoms with E-state index < -0.39 is 0 Å². The fraction of sp³-hybridized carbons (Fsp3) is 0.438. The molecule has 0 saturated heterocycles. The van der Waals surface area contributed by atoms with Gasteiger partial charge in [0.05, 0.1) is 0 Å². The first-order valence-electron chi connectivity index (χ1n) is 7.38. The van der Waals surface area contributed by atoms with Crippen LogP contribution in [0, 0.1) is 5.92 Å². The SMILES string of the molecule is CC1CC1Nc1nc(-c2cccnc2)nc2c1CCC2. The molecule has 20 heavy (non-hydrogen) atoms. The topological polar surface area (TPSA) is 50.7 Å². The molecule has 2 aliphatic carbocycles. The fourth-order valence-corrected chi connectivity index (χ4v) is 2.87. The minimum absolute atomic E-state index is 0.594. The standard InChI is InChI=1S/C16H18N4/c1-10-8-14(10)19-16-12-5-2-6-13(12)18-15(20-16)11-4-3-7-17-9-11/h3-4,7,9-10,14H,2,5-6,8H2,1H3,(H,18,19,20). The Morgan fingerprint density at radius 3 is 2.90 bits per heavy atom. The molecule has 102 valence electrons. The molecule has 0 amide bonds. The number of rotatable bonds is 3. The second kappa shape index (κ2) is 4.54. The summed E-state index contributed by atoms with van der Waals surface area (Å²) < 4.78 is 0. The first-order chi connectivity index (χ1) is 9.81. The number of pyridine rings is 1. The molecule has 4 heteroatoms. The summed E-state index contributed by atoms with van der Waals surface area (Å²) in [4.78, 5) is 13.7. The van der Waals surface area contributed by atoms with Crippen molar-refractivity contribution < 1.29 is 0 Å². The maximum absolute atomic E-state index is 4.77. The van der Waals surface area contributed by atoms with E-state index in [0.717, 1.165) is 36.0 Å². The van der Waals surface area contributed by atoms with Crippen molar-refractivity contribution in [3.05, 3.63) is 35.8 Å². The second-order valence-electron chi connectivity index (χ2n) is 5.88. The van der Waals surface area contributed by atoms with Crippen molar-refractivity contribution in [2.75, 3.05) is 5.32 Å². The number of nitrogens with one attached hydrogen (secondary N) is 1. The van der Waals surface area contributed by atoms with Crippen LogP contribution in [0.2, 0.25) is 0 Å². The number of hydrogen-bond acceptors (Lipinski definition) is 4. The van der Waals surface area contributed by atoms with E-state index in [9.17, 15) is 0 Å². The van der Waals surface area contributed by atoms with Crippen molar-refractivity contribution >= 4 is 5.82 Å². The van der Waals surface area contributed by atoms with Gasteiger partial charge in [-0.15, -0.1) is 0 Å². The Labute approximate surface area is 118 Å². The van der Waals surface area contributed by atoms with Crippen molar-refractivity contribution in [2.24, 2.45) is 5.92 Å². The van der Waals surface area contributed by atoms with Gasteiger partial charge in [0.2, 0.25) is 0 Å². The average Bonchev–Trinajstić information content (AvgIpc) is 2.99. The van der Waals surface area contributed by atoms with E-state index in [4.69, 9.17) is 9.97 Å². The molecule has 1 saturated carbocycles. The van der Waals surface area contributed by atoms with E-state index in [0.29, 0.717) is 6.04 Å². The lowest BCUT2D eigenvalue weighted by atomic mass is 10.2. The second-order valence-corrected chi connectivity index (χ2v) is 5.88. The van der Waals surface area contributed by atoms with Crippen LogP contribution in [0.1, 0.15) is 31.0 Å². The smallest absolute Gasteiger partial charge is 0.163 e.